The third-order valence-electron chi connectivity index (χ3n) is 6.14. The molecule has 4 nitrogen and oxygen atoms in total. The minimum Gasteiger partial charge on any atom is -0.306 e. The van der Waals surface area contributed by atoms with Crippen molar-refractivity contribution in [2.24, 2.45) is 23.7 Å². The summed E-state index contributed by atoms with van der Waals surface area (Å²) in [5.74, 6) is 3.28. The van der Waals surface area contributed by atoms with Crippen LogP contribution in [-0.2, 0) is 0 Å². The molecule has 116 valence electrons. The van der Waals surface area contributed by atoms with E-state index >= 15 is 0 Å². The summed E-state index contributed by atoms with van der Waals surface area (Å²) >= 11 is 0. The highest BCUT2D eigenvalue weighted by atomic mass is 15.2. The molecule has 0 spiro atoms. The molecule has 0 aromatic carbocycles. The first-order valence-corrected chi connectivity index (χ1v) is 8.10. The van der Waals surface area contributed by atoms with E-state index in [1.165, 1.54) is 26.2 Å². The zero-order valence-electron chi connectivity index (χ0n) is 14.1. The molecule has 4 heteroatoms. The van der Waals surface area contributed by atoms with Crippen molar-refractivity contribution >= 4 is 0 Å². The van der Waals surface area contributed by atoms with E-state index in [1.807, 2.05) is 0 Å². The fourth-order valence-electron chi connectivity index (χ4n) is 5.74. The smallest absolute Gasteiger partial charge is 0.0177 e. The first-order valence-electron chi connectivity index (χ1n) is 8.10. The molecule has 1 saturated carbocycles. The summed E-state index contributed by atoms with van der Waals surface area (Å²) in [5, 5.41) is 0. The van der Waals surface area contributed by atoms with E-state index < -0.39 is 0 Å². The fraction of sp³-hybridized carbons (Fsp3) is 1.00. The van der Waals surface area contributed by atoms with E-state index in [1.54, 1.807) is 0 Å². The summed E-state index contributed by atoms with van der Waals surface area (Å²) in [5.41, 5.74) is 0. The van der Waals surface area contributed by atoms with Crippen LogP contribution in [0, 0.1) is 23.7 Å². The van der Waals surface area contributed by atoms with E-state index in [2.05, 4.69) is 61.9 Å². The van der Waals surface area contributed by atoms with Crippen LogP contribution in [0.1, 0.15) is 0 Å². The Balaban J connectivity index is 1.98. The van der Waals surface area contributed by atoms with Crippen molar-refractivity contribution in [3.8, 4) is 0 Å². The van der Waals surface area contributed by atoms with Crippen LogP contribution >= 0.6 is 0 Å². The second-order valence-electron chi connectivity index (χ2n) is 8.01. The summed E-state index contributed by atoms with van der Waals surface area (Å²) in [7, 11) is 13.8. The first-order chi connectivity index (χ1) is 9.40. The lowest BCUT2D eigenvalue weighted by Crippen LogP contribution is -2.72. The molecule has 2 aliphatic heterocycles. The maximum atomic E-state index is 2.59. The molecule has 0 radical (unpaired) electrons. The highest BCUT2D eigenvalue weighted by Gasteiger charge is 2.56. The Morgan fingerprint density at radius 2 is 0.850 bits per heavy atom. The van der Waals surface area contributed by atoms with Gasteiger partial charge in [-0.3, -0.25) is 0 Å². The molecule has 2 heterocycles. The van der Waals surface area contributed by atoms with E-state index in [-0.39, 0.29) is 0 Å². The summed E-state index contributed by atoms with van der Waals surface area (Å²) < 4.78 is 0. The van der Waals surface area contributed by atoms with Gasteiger partial charge in [0.25, 0.3) is 0 Å². The Labute approximate surface area is 124 Å². The second kappa shape index (κ2) is 5.24. The van der Waals surface area contributed by atoms with E-state index in [0.29, 0.717) is 0 Å². The summed E-state index contributed by atoms with van der Waals surface area (Å²) in [4.78, 5) is 10.2. The van der Waals surface area contributed by atoms with Crippen LogP contribution in [0.3, 0.4) is 0 Å². The molecular formula is C16H32N4. The summed E-state index contributed by atoms with van der Waals surface area (Å²) in [6.07, 6.45) is 0. The zero-order chi connectivity index (χ0) is 14.6. The molecule has 4 unspecified atom stereocenters. The van der Waals surface area contributed by atoms with Gasteiger partial charge in [-0.1, -0.05) is 0 Å². The molecule has 1 aliphatic carbocycles. The van der Waals surface area contributed by atoms with Gasteiger partial charge in [-0.05, 0) is 66.0 Å². The minimum absolute atomic E-state index is 0.783. The van der Waals surface area contributed by atoms with Gasteiger partial charge in [-0.25, -0.2) is 0 Å². The number of nitrogens with zero attached hydrogens (tertiary/aromatic N) is 4. The van der Waals surface area contributed by atoms with Crippen LogP contribution in [0.4, 0.5) is 0 Å². The molecule has 3 rings (SSSR count). The molecule has 2 saturated heterocycles. The average Bonchev–Trinajstić information content (AvgIpc) is 2.34. The average molecular weight is 280 g/mol. The number of hydrogen-bond donors (Lipinski definition) is 0. The van der Waals surface area contributed by atoms with Gasteiger partial charge < -0.3 is 19.6 Å². The van der Waals surface area contributed by atoms with Gasteiger partial charge in [0.05, 0.1) is 0 Å². The normalized spacial score (nSPS) is 46.2. The van der Waals surface area contributed by atoms with Crippen LogP contribution in [0.5, 0.6) is 0 Å². The quantitative estimate of drug-likeness (QED) is 0.717. The van der Waals surface area contributed by atoms with Gasteiger partial charge in [-0.2, -0.15) is 0 Å². The molecule has 0 aromatic heterocycles. The number of likely N-dealkylation sites (tertiary alicyclic amines) is 2. The Hall–Kier alpha value is -0.160. The Morgan fingerprint density at radius 1 is 0.600 bits per heavy atom. The van der Waals surface area contributed by atoms with Crippen LogP contribution in [-0.4, -0.2) is 100 Å². The molecule has 4 bridgehead atoms. The highest BCUT2D eigenvalue weighted by molar-refractivity contribution is 5.10. The van der Waals surface area contributed by atoms with Crippen LogP contribution in [0.25, 0.3) is 0 Å². The SMILES string of the molecule is CN1CC2C3CN(C)CC(C(C1)C2N(C)C)C3N(C)C. The minimum atomic E-state index is 0.783. The van der Waals surface area contributed by atoms with Crippen molar-refractivity contribution in [1.82, 2.24) is 19.6 Å². The number of hydrogen-bond acceptors (Lipinski definition) is 4. The topological polar surface area (TPSA) is 13.0 Å². The maximum absolute atomic E-state index is 2.59. The lowest BCUT2D eigenvalue weighted by Gasteiger charge is -2.63. The fourth-order valence-corrected chi connectivity index (χ4v) is 5.74. The molecule has 3 fully saturated rings. The van der Waals surface area contributed by atoms with Crippen molar-refractivity contribution in [2.75, 3.05) is 68.5 Å². The highest BCUT2D eigenvalue weighted by Crippen LogP contribution is 2.47. The molecule has 0 aromatic rings. The number of fused-ring (bicyclic) bond motifs is 6. The monoisotopic (exact) mass is 280 g/mol. The van der Waals surface area contributed by atoms with Crippen molar-refractivity contribution < 1.29 is 0 Å². The Bertz CT molecular complexity index is 298. The van der Waals surface area contributed by atoms with Crippen molar-refractivity contribution in [3.05, 3.63) is 0 Å². The summed E-state index contributed by atoms with van der Waals surface area (Å²) in [6, 6.07) is 1.57. The molecule has 4 atom stereocenters. The van der Waals surface area contributed by atoms with Crippen LogP contribution in [0.2, 0.25) is 0 Å². The molecular weight excluding hydrogens is 248 g/mol. The zero-order valence-corrected chi connectivity index (χ0v) is 14.1. The maximum Gasteiger partial charge on any atom is 0.0177 e. The van der Waals surface area contributed by atoms with Crippen molar-refractivity contribution in [2.45, 2.75) is 12.1 Å². The molecule has 20 heavy (non-hydrogen) atoms. The standard InChI is InChI=1S/C16H32N4/c1-17(2)15-11-7-19(5)8-12(15)14-10-20(6)9-13(11)16(14)18(3)4/h11-16H,7-10H2,1-6H3. The molecule has 3 aliphatic rings. The van der Waals surface area contributed by atoms with Gasteiger partial charge in [0.1, 0.15) is 0 Å². The molecule has 0 amide bonds. The predicted octanol–water partition coefficient (Wildman–Crippen LogP) is 0.216. The third kappa shape index (κ3) is 2.21. The van der Waals surface area contributed by atoms with Crippen molar-refractivity contribution in [1.29, 1.82) is 0 Å². The van der Waals surface area contributed by atoms with E-state index in [4.69, 9.17) is 0 Å². The lowest BCUT2D eigenvalue weighted by atomic mass is 9.57. The van der Waals surface area contributed by atoms with Crippen LogP contribution < -0.4 is 0 Å². The van der Waals surface area contributed by atoms with Gasteiger partial charge in [0.15, 0.2) is 0 Å². The molecule has 0 N–H and O–H groups in total. The van der Waals surface area contributed by atoms with Crippen molar-refractivity contribution in [3.63, 3.8) is 0 Å². The largest absolute Gasteiger partial charge is 0.306 e. The third-order valence-corrected chi connectivity index (χ3v) is 6.14. The van der Waals surface area contributed by atoms with E-state index in [0.717, 1.165) is 35.8 Å². The Morgan fingerprint density at radius 3 is 1.05 bits per heavy atom. The van der Waals surface area contributed by atoms with Gasteiger partial charge in [0, 0.05) is 38.3 Å². The first kappa shape index (κ1) is 14.8. The summed E-state index contributed by atoms with van der Waals surface area (Å²) in [6.45, 7) is 5.09. The lowest BCUT2D eigenvalue weighted by molar-refractivity contribution is -0.131. The van der Waals surface area contributed by atoms with Crippen LogP contribution in [0.15, 0.2) is 0 Å². The Kier molecular flexibility index (Phi) is 3.87. The second-order valence-corrected chi connectivity index (χ2v) is 8.01. The van der Waals surface area contributed by atoms with Gasteiger partial charge >= 0.3 is 0 Å². The predicted molar refractivity (Wildman–Crippen MR) is 83.9 cm³/mol. The number of rotatable bonds is 2. The van der Waals surface area contributed by atoms with E-state index in [9.17, 15) is 0 Å². The van der Waals surface area contributed by atoms with Gasteiger partial charge in [0.2, 0.25) is 0 Å². The number of piperidine rings is 2. The van der Waals surface area contributed by atoms with Gasteiger partial charge in [-0.15, -0.1) is 0 Å².